The number of aromatic nitrogens is 3. The van der Waals surface area contributed by atoms with E-state index in [2.05, 4.69) is 23.9 Å². The van der Waals surface area contributed by atoms with Crippen LogP contribution in [0, 0.1) is 6.92 Å². The van der Waals surface area contributed by atoms with E-state index < -0.39 is 0 Å². The van der Waals surface area contributed by atoms with E-state index in [0.717, 1.165) is 28.9 Å². The number of imidazole rings is 1. The molecule has 2 aromatic rings. The first-order valence-electron chi connectivity index (χ1n) is 6.37. The van der Waals surface area contributed by atoms with Crippen molar-refractivity contribution in [2.24, 2.45) is 0 Å². The number of ether oxygens (including phenoxy) is 1. The third kappa shape index (κ3) is 1.64. The van der Waals surface area contributed by atoms with Gasteiger partial charge < -0.3 is 4.74 Å². The molecule has 0 spiro atoms. The van der Waals surface area contributed by atoms with E-state index in [1.54, 1.807) is 10.7 Å². The fourth-order valence-electron chi connectivity index (χ4n) is 3.09. The smallest absolute Gasteiger partial charge is 0.313 e. The van der Waals surface area contributed by atoms with Crippen molar-refractivity contribution in [3.05, 3.63) is 29.2 Å². The normalized spacial score (nSPS) is 20.5. The van der Waals surface area contributed by atoms with Gasteiger partial charge in [-0.2, -0.15) is 5.10 Å². The maximum atomic E-state index is 11.9. The number of methoxy groups -OCH3 is 1. The molecule has 19 heavy (non-hydrogen) atoms. The van der Waals surface area contributed by atoms with Gasteiger partial charge in [-0.15, -0.1) is 0 Å². The Bertz CT molecular complexity index is 673. The van der Waals surface area contributed by atoms with Gasteiger partial charge in [0.15, 0.2) is 5.65 Å². The lowest BCUT2D eigenvalue weighted by Gasteiger charge is -2.19. The zero-order chi connectivity index (χ0) is 13.8. The summed E-state index contributed by atoms with van der Waals surface area (Å²) in [6.45, 7) is 6.22. The largest absolute Gasteiger partial charge is 0.469 e. The van der Waals surface area contributed by atoms with Crippen LogP contribution in [0.2, 0.25) is 0 Å². The summed E-state index contributed by atoms with van der Waals surface area (Å²) in [7, 11) is 1.43. The van der Waals surface area contributed by atoms with Gasteiger partial charge in [-0.1, -0.05) is 13.8 Å². The molecule has 0 radical (unpaired) electrons. The molecule has 0 fully saturated rings. The predicted octanol–water partition coefficient (Wildman–Crippen LogP) is 1.98. The number of carbonyl (C=O) groups is 1. The topological polar surface area (TPSA) is 56.5 Å². The van der Waals surface area contributed by atoms with E-state index in [1.165, 1.54) is 7.11 Å². The third-order valence-corrected chi connectivity index (χ3v) is 3.89. The summed E-state index contributed by atoms with van der Waals surface area (Å²) in [5.74, 6) is -0.425. The van der Waals surface area contributed by atoms with Gasteiger partial charge in [0.05, 0.1) is 31.1 Å². The number of carbonyl (C=O) groups excluding carboxylic acids is 1. The van der Waals surface area contributed by atoms with Crippen LogP contribution >= 0.6 is 0 Å². The van der Waals surface area contributed by atoms with Crippen molar-refractivity contribution in [1.29, 1.82) is 0 Å². The van der Waals surface area contributed by atoms with Crippen LogP contribution in [0.1, 0.15) is 43.0 Å². The van der Waals surface area contributed by atoms with E-state index in [0.29, 0.717) is 0 Å². The molecule has 2 aromatic heterocycles. The first-order chi connectivity index (χ1) is 8.94. The van der Waals surface area contributed by atoms with Crippen LogP contribution in [0.25, 0.3) is 5.65 Å². The highest BCUT2D eigenvalue weighted by atomic mass is 16.5. The zero-order valence-corrected chi connectivity index (χ0v) is 11.6. The zero-order valence-electron chi connectivity index (χ0n) is 11.6. The molecule has 0 saturated heterocycles. The molecule has 5 nitrogen and oxygen atoms in total. The summed E-state index contributed by atoms with van der Waals surface area (Å²) in [4.78, 5) is 16.5. The SMILES string of the molecule is COC(=O)C1CC(C)(C)c2c1cnn1cc(C)nc21. The van der Waals surface area contributed by atoms with Crippen LogP contribution in [0.4, 0.5) is 0 Å². The van der Waals surface area contributed by atoms with Crippen LogP contribution < -0.4 is 0 Å². The van der Waals surface area contributed by atoms with E-state index in [4.69, 9.17) is 4.74 Å². The van der Waals surface area contributed by atoms with E-state index >= 15 is 0 Å². The lowest BCUT2D eigenvalue weighted by atomic mass is 9.86. The highest BCUT2D eigenvalue weighted by Gasteiger charge is 2.43. The second-order valence-electron chi connectivity index (χ2n) is 5.79. The molecule has 5 heteroatoms. The van der Waals surface area contributed by atoms with Crippen LogP contribution in [0.5, 0.6) is 0 Å². The molecule has 2 heterocycles. The quantitative estimate of drug-likeness (QED) is 0.735. The molecule has 0 amide bonds. The molecule has 1 unspecified atom stereocenters. The van der Waals surface area contributed by atoms with Crippen molar-refractivity contribution in [1.82, 2.24) is 14.6 Å². The Morgan fingerprint density at radius 2 is 2.26 bits per heavy atom. The molecular formula is C14H17N3O2. The van der Waals surface area contributed by atoms with Gasteiger partial charge in [0, 0.05) is 5.56 Å². The Labute approximate surface area is 111 Å². The Morgan fingerprint density at radius 3 is 2.95 bits per heavy atom. The fourth-order valence-corrected chi connectivity index (χ4v) is 3.09. The number of hydrogen-bond donors (Lipinski definition) is 0. The van der Waals surface area contributed by atoms with Gasteiger partial charge in [-0.25, -0.2) is 9.50 Å². The monoisotopic (exact) mass is 259 g/mol. The van der Waals surface area contributed by atoms with Crippen molar-refractivity contribution in [3.8, 4) is 0 Å². The Morgan fingerprint density at radius 1 is 1.53 bits per heavy atom. The molecule has 3 rings (SSSR count). The van der Waals surface area contributed by atoms with Crippen molar-refractivity contribution >= 4 is 11.6 Å². The summed E-state index contributed by atoms with van der Waals surface area (Å²) in [5.41, 5.74) is 3.75. The number of hydrogen-bond acceptors (Lipinski definition) is 4. The van der Waals surface area contributed by atoms with Crippen LogP contribution in [0.3, 0.4) is 0 Å². The van der Waals surface area contributed by atoms with Gasteiger partial charge in [0.25, 0.3) is 0 Å². The van der Waals surface area contributed by atoms with Crippen LogP contribution in [-0.2, 0) is 14.9 Å². The lowest BCUT2D eigenvalue weighted by molar-refractivity contribution is -0.142. The van der Waals surface area contributed by atoms with Gasteiger partial charge in [0.2, 0.25) is 0 Å². The molecule has 0 aromatic carbocycles. The summed E-state index contributed by atoms with van der Waals surface area (Å²) in [5, 5.41) is 4.35. The van der Waals surface area contributed by atoms with Gasteiger partial charge >= 0.3 is 5.97 Å². The molecule has 0 bridgehead atoms. The molecule has 0 saturated carbocycles. The fraction of sp³-hybridized carbons (Fsp3) is 0.500. The van der Waals surface area contributed by atoms with Crippen LogP contribution in [0.15, 0.2) is 12.4 Å². The Kier molecular flexibility index (Phi) is 2.42. The Balaban J connectivity index is 2.28. The Hall–Kier alpha value is -1.91. The van der Waals surface area contributed by atoms with Crippen molar-refractivity contribution in [2.75, 3.05) is 7.11 Å². The molecule has 100 valence electrons. The third-order valence-electron chi connectivity index (χ3n) is 3.89. The predicted molar refractivity (Wildman–Crippen MR) is 70.1 cm³/mol. The van der Waals surface area contributed by atoms with Crippen molar-refractivity contribution < 1.29 is 9.53 Å². The lowest BCUT2D eigenvalue weighted by Crippen LogP contribution is -2.16. The number of rotatable bonds is 1. The van der Waals surface area contributed by atoms with Gasteiger partial charge in [0.1, 0.15) is 0 Å². The average molecular weight is 259 g/mol. The maximum absolute atomic E-state index is 11.9. The van der Waals surface area contributed by atoms with E-state index in [1.807, 2.05) is 13.1 Å². The first-order valence-corrected chi connectivity index (χ1v) is 6.37. The summed E-state index contributed by atoms with van der Waals surface area (Å²) < 4.78 is 6.69. The molecular weight excluding hydrogens is 242 g/mol. The second-order valence-corrected chi connectivity index (χ2v) is 5.79. The number of esters is 1. The highest BCUT2D eigenvalue weighted by Crippen LogP contribution is 2.47. The maximum Gasteiger partial charge on any atom is 0.313 e. The van der Waals surface area contributed by atoms with Gasteiger partial charge in [-0.05, 0) is 24.3 Å². The first kappa shape index (κ1) is 12.1. The molecule has 0 N–H and O–H groups in total. The molecule has 1 aliphatic rings. The van der Waals surface area contributed by atoms with Gasteiger partial charge in [-0.3, -0.25) is 4.79 Å². The molecule has 0 aliphatic heterocycles. The van der Waals surface area contributed by atoms with E-state index in [9.17, 15) is 4.79 Å². The minimum atomic E-state index is -0.232. The standard InChI is InChI=1S/C14H17N3O2/c1-8-7-17-12(16-8)11-10(6-15-17)9(13(18)19-4)5-14(11,2)3/h6-7,9H,5H2,1-4H3. The number of fused-ring (bicyclic) bond motifs is 3. The summed E-state index contributed by atoms with van der Waals surface area (Å²) >= 11 is 0. The average Bonchev–Trinajstić information content (AvgIpc) is 2.85. The summed E-state index contributed by atoms with van der Waals surface area (Å²) in [6.07, 6.45) is 4.42. The van der Waals surface area contributed by atoms with Crippen molar-refractivity contribution in [3.63, 3.8) is 0 Å². The minimum Gasteiger partial charge on any atom is -0.469 e. The van der Waals surface area contributed by atoms with Crippen LogP contribution in [-0.4, -0.2) is 27.7 Å². The minimum absolute atomic E-state index is 0.101. The van der Waals surface area contributed by atoms with E-state index in [-0.39, 0.29) is 17.3 Å². The number of nitrogens with zero attached hydrogens (tertiary/aromatic N) is 3. The highest BCUT2D eigenvalue weighted by molar-refractivity contribution is 5.81. The summed E-state index contributed by atoms with van der Waals surface area (Å²) in [6, 6.07) is 0. The number of aryl methyl sites for hydroxylation is 1. The molecule has 1 atom stereocenters. The second kappa shape index (κ2) is 3.79. The molecule has 1 aliphatic carbocycles. The van der Waals surface area contributed by atoms with Crippen molar-refractivity contribution in [2.45, 2.75) is 38.5 Å².